The zero-order valence-electron chi connectivity index (χ0n) is 20.5. The van der Waals surface area contributed by atoms with E-state index in [1.807, 2.05) is 74.2 Å². The van der Waals surface area contributed by atoms with Gasteiger partial charge in [0.2, 0.25) is 5.91 Å². The van der Waals surface area contributed by atoms with E-state index in [2.05, 4.69) is 4.99 Å². The van der Waals surface area contributed by atoms with Crippen molar-refractivity contribution in [3.8, 4) is 16.9 Å². The molecule has 0 saturated carbocycles. The average molecular weight is 463 g/mol. The maximum absolute atomic E-state index is 13.6. The zero-order chi connectivity index (χ0) is 24.5. The van der Waals surface area contributed by atoms with Crippen LogP contribution in [0.1, 0.15) is 46.1 Å². The van der Waals surface area contributed by atoms with Crippen LogP contribution in [0.2, 0.25) is 0 Å². The van der Waals surface area contributed by atoms with Gasteiger partial charge in [-0.15, -0.1) is 0 Å². The fourth-order valence-electron chi connectivity index (χ4n) is 4.78. The molecule has 2 aliphatic heterocycles. The summed E-state index contributed by atoms with van der Waals surface area (Å²) in [5, 5.41) is 0. The van der Waals surface area contributed by atoms with Gasteiger partial charge in [-0.3, -0.25) is 14.5 Å². The molecule has 7 heteroatoms. The molecule has 34 heavy (non-hydrogen) atoms. The average Bonchev–Trinajstić information content (AvgIpc) is 3.03. The first-order valence-electron chi connectivity index (χ1n) is 12.0. The number of carbonyl (C=O) groups is 2. The fraction of sp³-hybridized carbons (Fsp3) is 0.444. The number of guanidine groups is 1. The molecule has 4 rings (SSSR count). The molecule has 180 valence electrons. The van der Waals surface area contributed by atoms with E-state index >= 15 is 0 Å². The Hall–Kier alpha value is -3.35. The van der Waals surface area contributed by atoms with Crippen molar-refractivity contribution in [3.63, 3.8) is 0 Å². The second kappa shape index (κ2) is 9.49. The Morgan fingerprint density at radius 1 is 1.15 bits per heavy atom. The van der Waals surface area contributed by atoms with Crippen molar-refractivity contribution >= 4 is 17.8 Å². The zero-order valence-corrected chi connectivity index (χ0v) is 20.5. The van der Waals surface area contributed by atoms with Crippen LogP contribution >= 0.6 is 0 Å². The molecule has 2 N–H and O–H groups in total. The number of benzene rings is 2. The Morgan fingerprint density at radius 2 is 1.79 bits per heavy atom. The molecule has 0 aromatic heterocycles. The lowest BCUT2D eigenvalue weighted by molar-refractivity contribution is -0.133. The van der Waals surface area contributed by atoms with Crippen molar-refractivity contribution < 1.29 is 14.3 Å². The van der Waals surface area contributed by atoms with Gasteiger partial charge in [0, 0.05) is 26.6 Å². The van der Waals surface area contributed by atoms with E-state index in [1.165, 1.54) is 0 Å². The Labute approximate surface area is 201 Å². The van der Waals surface area contributed by atoms with Crippen LogP contribution in [0, 0.1) is 5.92 Å². The summed E-state index contributed by atoms with van der Waals surface area (Å²) in [4.78, 5) is 33.3. The first kappa shape index (κ1) is 23.8. The van der Waals surface area contributed by atoms with Crippen molar-refractivity contribution in [1.82, 2.24) is 9.80 Å². The highest BCUT2D eigenvalue weighted by atomic mass is 16.5. The van der Waals surface area contributed by atoms with Gasteiger partial charge in [0.15, 0.2) is 11.5 Å². The van der Waals surface area contributed by atoms with Gasteiger partial charge in [-0.25, -0.2) is 4.99 Å². The molecule has 0 bridgehead atoms. The fourth-order valence-corrected chi connectivity index (χ4v) is 4.78. The molecule has 1 saturated heterocycles. The van der Waals surface area contributed by atoms with Crippen molar-refractivity contribution in [3.05, 3.63) is 54.1 Å². The first-order valence-corrected chi connectivity index (χ1v) is 12.0. The Balaban J connectivity index is 1.52. The van der Waals surface area contributed by atoms with Gasteiger partial charge in [0.1, 0.15) is 5.75 Å². The van der Waals surface area contributed by atoms with Crippen LogP contribution in [0.3, 0.4) is 0 Å². The van der Waals surface area contributed by atoms with Gasteiger partial charge in [-0.05, 0) is 74.4 Å². The summed E-state index contributed by atoms with van der Waals surface area (Å²) in [6.45, 7) is 9.40. The van der Waals surface area contributed by atoms with Crippen LogP contribution in [0.5, 0.6) is 5.75 Å². The first-order chi connectivity index (χ1) is 16.2. The molecular formula is C27H34N4O3. The standard InChI is InChI=1S/C27H34N4O3/c1-18(2)34-24-10-6-8-22(16-24)21-7-5-9-23(15-21)27(4)25(33)31(26(28)29-27)17-20-11-13-30(14-12-20)19(3)32/h5-10,15-16,18,20H,11-14,17H2,1-4H3,(H2,28,29). The molecule has 2 aliphatic rings. The maximum atomic E-state index is 13.6. The van der Waals surface area contributed by atoms with E-state index in [-0.39, 0.29) is 23.9 Å². The number of nitrogens with zero attached hydrogens (tertiary/aromatic N) is 3. The number of ether oxygens (including phenoxy) is 1. The molecule has 2 heterocycles. The highest BCUT2D eigenvalue weighted by Gasteiger charge is 2.46. The minimum Gasteiger partial charge on any atom is -0.491 e. The number of hydrogen-bond acceptors (Lipinski definition) is 5. The number of amides is 2. The number of rotatable bonds is 6. The summed E-state index contributed by atoms with van der Waals surface area (Å²) >= 11 is 0. The number of hydrogen-bond donors (Lipinski definition) is 1. The molecule has 2 amide bonds. The van der Waals surface area contributed by atoms with Gasteiger partial charge in [-0.2, -0.15) is 0 Å². The second-order valence-electron chi connectivity index (χ2n) is 9.68. The summed E-state index contributed by atoms with van der Waals surface area (Å²) in [6.07, 6.45) is 1.81. The topological polar surface area (TPSA) is 88.2 Å². The SMILES string of the molecule is CC(=O)N1CCC(CN2C(=O)C(C)(c3cccc(-c4cccc(OC(C)C)c4)c3)N=C2N)CC1. The lowest BCUT2D eigenvalue weighted by Crippen LogP contribution is -2.46. The molecule has 1 fully saturated rings. The predicted octanol–water partition coefficient (Wildman–Crippen LogP) is 3.77. The van der Waals surface area contributed by atoms with Gasteiger partial charge in [-0.1, -0.05) is 30.3 Å². The van der Waals surface area contributed by atoms with E-state index in [0.717, 1.165) is 48.4 Å². The Kier molecular flexibility index (Phi) is 6.64. The van der Waals surface area contributed by atoms with Crippen LogP contribution < -0.4 is 10.5 Å². The van der Waals surface area contributed by atoms with Crippen molar-refractivity contribution in [1.29, 1.82) is 0 Å². The number of piperidine rings is 1. The predicted molar refractivity (Wildman–Crippen MR) is 133 cm³/mol. The van der Waals surface area contributed by atoms with E-state index in [1.54, 1.807) is 11.8 Å². The Morgan fingerprint density at radius 3 is 2.44 bits per heavy atom. The highest BCUT2D eigenvalue weighted by Crippen LogP contribution is 2.36. The van der Waals surface area contributed by atoms with Crippen LogP contribution in [0.4, 0.5) is 0 Å². The summed E-state index contributed by atoms with van der Waals surface area (Å²) in [5.74, 6) is 1.37. The van der Waals surface area contributed by atoms with E-state index in [4.69, 9.17) is 10.5 Å². The number of likely N-dealkylation sites (tertiary alicyclic amines) is 1. The van der Waals surface area contributed by atoms with Gasteiger partial charge in [0.05, 0.1) is 6.10 Å². The molecule has 1 atom stereocenters. The highest BCUT2D eigenvalue weighted by molar-refractivity contribution is 6.07. The van der Waals surface area contributed by atoms with Crippen LogP contribution in [0.25, 0.3) is 11.1 Å². The minimum atomic E-state index is -1.06. The Bertz CT molecular complexity index is 1100. The normalized spacial score (nSPS) is 21.2. The molecular weight excluding hydrogens is 428 g/mol. The third-order valence-electron chi connectivity index (χ3n) is 6.74. The van der Waals surface area contributed by atoms with E-state index < -0.39 is 5.54 Å². The largest absolute Gasteiger partial charge is 0.491 e. The lowest BCUT2D eigenvalue weighted by atomic mass is 9.89. The van der Waals surface area contributed by atoms with E-state index in [9.17, 15) is 9.59 Å². The molecule has 0 radical (unpaired) electrons. The van der Waals surface area contributed by atoms with Gasteiger partial charge in [0.25, 0.3) is 5.91 Å². The number of nitrogens with two attached hydrogens (primary N) is 1. The third kappa shape index (κ3) is 4.79. The number of carbonyl (C=O) groups excluding carboxylic acids is 2. The molecule has 1 unspecified atom stereocenters. The van der Waals surface area contributed by atoms with Crippen molar-refractivity contribution in [2.75, 3.05) is 19.6 Å². The van der Waals surface area contributed by atoms with Gasteiger partial charge < -0.3 is 15.4 Å². The minimum absolute atomic E-state index is 0.0922. The lowest BCUT2D eigenvalue weighted by Gasteiger charge is -2.33. The van der Waals surface area contributed by atoms with Crippen molar-refractivity contribution in [2.24, 2.45) is 16.6 Å². The molecule has 0 spiro atoms. The summed E-state index contributed by atoms with van der Waals surface area (Å²) < 4.78 is 5.84. The van der Waals surface area contributed by atoms with Crippen molar-refractivity contribution in [2.45, 2.75) is 52.2 Å². The maximum Gasteiger partial charge on any atom is 0.261 e. The second-order valence-corrected chi connectivity index (χ2v) is 9.68. The molecule has 7 nitrogen and oxygen atoms in total. The smallest absolute Gasteiger partial charge is 0.261 e. The monoisotopic (exact) mass is 462 g/mol. The number of aliphatic imine (C=N–C) groups is 1. The summed E-state index contributed by atoms with van der Waals surface area (Å²) in [6, 6.07) is 15.9. The van der Waals surface area contributed by atoms with E-state index in [0.29, 0.717) is 12.5 Å². The van der Waals surface area contributed by atoms with Gasteiger partial charge >= 0.3 is 0 Å². The summed E-state index contributed by atoms with van der Waals surface area (Å²) in [5.41, 5.74) is 8.01. The molecule has 0 aliphatic carbocycles. The summed E-state index contributed by atoms with van der Waals surface area (Å²) in [7, 11) is 0. The molecule has 2 aromatic rings. The quantitative estimate of drug-likeness (QED) is 0.708. The third-order valence-corrected chi connectivity index (χ3v) is 6.74. The van der Waals surface area contributed by atoms with Crippen LogP contribution in [0.15, 0.2) is 53.5 Å². The van der Waals surface area contributed by atoms with Crippen LogP contribution in [-0.4, -0.2) is 53.3 Å². The van der Waals surface area contributed by atoms with Crippen LogP contribution in [-0.2, 0) is 15.1 Å². The molecule has 2 aromatic carbocycles.